The normalized spacial score (nSPS) is 32.2. The molecule has 4 nitrogen and oxygen atoms in total. The van der Waals surface area contributed by atoms with Gasteiger partial charge in [0, 0.05) is 0 Å². The average molecular weight is 284 g/mol. The summed E-state index contributed by atoms with van der Waals surface area (Å²) in [6.45, 7) is -2.96. The van der Waals surface area contributed by atoms with Crippen molar-refractivity contribution in [2.24, 2.45) is 0 Å². The molecule has 102 valence electrons. The fourth-order valence-corrected chi connectivity index (χ4v) is 2.24. The van der Waals surface area contributed by atoms with E-state index in [0.29, 0.717) is 0 Å². The van der Waals surface area contributed by atoms with Crippen LogP contribution in [0, 0.1) is 0 Å². The summed E-state index contributed by atoms with van der Waals surface area (Å²) in [5.41, 5.74) is 0. The molecule has 0 aromatic carbocycles. The van der Waals surface area contributed by atoms with Crippen molar-refractivity contribution in [3.63, 3.8) is 0 Å². The Bertz CT molecular complexity index is 323. The number of rotatable bonds is 3. The van der Waals surface area contributed by atoms with Crippen LogP contribution in [0.25, 0.3) is 0 Å². The summed E-state index contributed by atoms with van der Waals surface area (Å²) in [7, 11) is -4.80. The molecule has 0 spiro atoms. The highest BCUT2D eigenvalue weighted by Gasteiger charge is 2.63. The molecule has 1 fully saturated rings. The molecule has 0 radical (unpaired) electrons. The van der Waals surface area contributed by atoms with E-state index >= 15 is 0 Å². The van der Waals surface area contributed by atoms with Gasteiger partial charge in [-0.25, -0.2) is 8.96 Å². The average Bonchev–Trinajstić information content (AvgIpc) is 2.39. The van der Waals surface area contributed by atoms with Crippen molar-refractivity contribution in [2.45, 2.75) is 30.8 Å². The van der Waals surface area contributed by atoms with Crippen molar-refractivity contribution in [3.8, 4) is 0 Å². The smallest absolute Gasteiger partial charge is 0.302 e. The fourth-order valence-electron chi connectivity index (χ4n) is 1.26. The van der Waals surface area contributed by atoms with Crippen LogP contribution in [0.4, 0.5) is 22.0 Å². The van der Waals surface area contributed by atoms with Gasteiger partial charge in [0.15, 0.2) is 6.67 Å². The van der Waals surface area contributed by atoms with Crippen molar-refractivity contribution in [1.82, 2.24) is 0 Å². The Morgan fingerprint density at radius 2 is 1.94 bits per heavy atom. The molecule has 2 unspecified atom stereocenters. The Hall–Kier alpha value is -0.240. The summed E-state index contributed by atoms with van der Waals surface area (Å²) in [4.78, 5) is 8.87. The Balaban J connectivity index is 2.93. The second kappa shape index (κ2) is 4.79. The van der Waals surface area contributed by atoms with E-state index in [1.54, 1.807) is 0 Å². The maximum Gasteiger partial charge on any atom is 0.472 e. The second-order valence-corrected chi connectivity index (χ2v) is 4.91. The van der Waals surface area contributed by atoms with Crippen LogP contribution in [0.15, 0.2) is 0 Å². The maximum absolute atomic E-state index is 13.2. The van der Waals surface area contributed by atoms with Gasteiger partial charge in [-0.3, -0.25) is 9.05 Å². The van der Waals surface area contributed by atoms with Crippen molar-refractivity contribution in [3.05, 3.63) is 0 Å². The molecule has 1 aliphatic heterocycles. The Morgan fingerprint density at radius 3 is 2.47 bits per heavy atom. The third-order valence-electron chi connectivity index (χ3n) is 2.19. The van der Waals surface area contributed by atoms with Crippen LogP contribution in [-0.2, 0) is 13.6 Å². The molecular weight excluding hydrogens is 274 g/mol. The summed E-state index contributed by atoms with van der Waals surface area (Å²) < 4.78 is 82.7. The predicted molar refractivity (Wildman–Crippen MR) is 45.8 cm³/mol. The number of phosphoric acid groups is 1. The van der Waals surface area contributed by atoms with E-state index in [-0.39, 0.29) is 13.0 Å². The summed E-state index contributed by atoms with van der Waals surface area (Å²) in [5.74, 6) is -9.84. The molecule has 0 aromatic heterocycles. The van der Waals surface area contributed by atoms with Gasteiger partial charge in [-0.05, 0) is 12.8 Å². The van der Waals surface area contributed by atoms with E-state index in [4.69, 9.17) is 4.89 Å². The summed E-state index contributed by atoms with van der Waals surface area (Å²) in [6.07, 6.45) is -3.37. The first-order valence-corrected chi connectivity index (χ1v) is 6.09. The third-order valence-corrected chi connectivity index (χ3v) is 3.22. The number of hydrogen-bond donors (Lipinski definition) is 1. The SMILES string of the molecule is O=P1(O)OCCCC(C(F)(F)C(F)(F)CF)O1. The van der Waals surface area contributed by atoms with E-state index in [2.05, 4.69) is 9.05 Å². The van der Waals surface area contributed by atoms with Crippen LogP contribution in [0.1, 0.15) is 12.8 Å². The van der Waals surface area contributed by atoms with Crippen LogP contribution in [0.3, 0.4) is 0 Å². The van der Waals surface area contributed by atoms with E-state index in [9.17, 15) is 26.5 Å². The standard InChI is InChI=1S/C7H10F5O4P/c8-4-6(9,10)7(11,12)5-2-1-3-15-17(13,14)16-5/h5H,1-4H2,(H,13,14). The molecule has 0 aromatic rings. The minimum Gasteiger partial charge on any atom is -0.302 e. The number of phosphoric ester groups is 1. The van der Waals surface area contributed by atoms with Crippen molar-refractivity contribution in [1.29, 1.82) is 0 Å². The Kier molecular flexibility index (Phi) is 4.18. The molecule has 1 rings (SSSR count). The molecular formula is C7H10F5O4P. The van der Waals surface area contributed by atoms with Gasteiger partial charge in [0.1, 0.15) is 6.10 Å². The lowest BCUT2D eigenvalue weighted by Gasteiger charge is -2.30. The van der Waals surface area contributed by atoms with Crippen molar-refractivity contribution in [2.75, 3.05) is 13.3 Å². The fraction of sp³-hybridized carbons (Fsp3) is 1.00. The van der Waals surface area contributed by atoms with Gasteiger partial charge >= 0.3 is 19.7 Å². The zero-order valence-corrected chi connectivity index (χ0v) is 9.31. The quantitative estimate of drug-likeness (QED) is 0.639. The zero-order chi connectivity index (χ0) is 13.3. The molecule has 2 atom stereocenters. The molecule has 0 amide bonds. The molecule has 1 saturated heterocycles. The molecule has 0 aliphatic carbocycles. The largest absolute Gasteiger partial charge is 0.472 e. The molecule has 1 heterocycles. The first kappa shape index (κ1) is 14.8. The van der Waals surface area contributed by atoms with Gasteiger partial charge in [-0.1, -0.05) is 0 Å². The van der Waals surface area contributed by atoms with Crippen LogP contribution in [0.5, 0.6) is 0 Å². The van der Waals surface area contributed by atoms with Crippen molar-refractivity contribution < 1.29 is 40.5 Å². The highest BCUT2D eigenvalue weighted by Crippen LogP contribution is 2.52. The van der Waals surface area contributed by atoms with Gasteiger partial charge in [-0.15, -0.1) is 0 Å². The molecule has 10 heteroatoms. The van der Waals surface area contributed by atoms with E-state index in [0.717, 1.165) is 0 Å². The third kappa shape index (κ3) is 3.15. The van der Waals surface area contributed by atoms with Gasteiger partial charge < -0.3 is 4.89 Å². The summed E-state index contributed by atoms with van der Waals surface area (Å²) >= 11 is 0. The van der Waals surface area contributed by atoms with Gasteiger partial charge in [0.2, 0.25) is 0 Å². The molecule has 0 saturated carbocycles. The van der Waals surface area contributed by atoms with Crippen LogP contribution >= 0.6 is 7.82 Å². The van der Waals surface area contributed by atoms with Crippen LogP contribution in [-0.4, -0.2) is 36.1 Å². The lowest BCUT2D eigenvalue weighted by atomic mass is 10.0. The van der Waals surface area contributed by atoms with Crippen LogP contribution < -0.4 is 0 Å². The maximum atomic E-state index is 13.2. The summed E-state index contributed by atoms with van der Waals surface area (Å²) in [6, 6.07) is 0. The number of halogens is 5. The predicted octanol–water partition coefficient (Wildman–Crippen LogP) is 2.52. The first-order valence-electron chi connectivity index (χ1n) is 4.60. The van der Waals surface area contributed by atoms with E-state index in [1.807, 2.05) is 0 Å². The highest BCUT2D eigenvalue weighted by molar-refractivity contribution is 7.47. The second-order valence-electron chi connectivity index (χ2n) is 3.50. The zero-order valence-electron chi connectivity index (χ0n) is 8.41. The van der Waals surface area contributed by atoms with Crippen molar-refractivity contribution >= 4 is 7.82 Å². The van der Waals surface area contributed by atoms with Gasteiger partial charge in [0.25, 0.3) is 0 Å². The lowest BCUT2D eigenvalue weighted by molar-refractivity contribution is -0.254. The Labute approximate surface area is 93.3 Å². The molecule has 1 aliphatic rings. The van der Waals surface area contributed by atoms with Crippen LogP contribution in [0.2, 0.25) is 0 Å². The minimum atomic E-state index is -4.96. The van der Waals surface area contributed by atoms with E-state index < -0.39 is 38.9 Å². The molecule has 1 N–H and O–H groups in total. The minimum absolute atomic E-state index is 0.173. The lowest BCUT2D eigenvalue weighted by Crippen LogP contribution is -2.51. The van der Waals surface area contributed by atoms with Gasteiger partial charge in [-0.2, -0.15) is 17.6 Å². The monoisotopic (exact) mass is 284 g/mol. The molecule has 17 heavy (non-hydrogen) atoms. The highest BCUT2D eigenvalue weighted by atomic mass is 31.2. The van der Waals surface area contributed by atoms with E-state index in [1.165, 1.54) is 0 Å². The first-order chi connectivity index (χ1) is 7.62. The van der Waals surface area contributed by atoms with Gasteiger partial charge in [0.05, 0.1) is 6.61 Å². The number of hydrogen-bond acceptors (Lipinski definition) is 3. The molecule has 0 bridgehead atoms. The topological polar surface area (TPSA) is 55.8 Å². The number of alkyl halides is 5. The summed E-state index contributed by atoms with van der Waals surface area (Å²) in [5, 5.41) is 0. The Morgan fingerprint density at radius 1 is 1.35 bits per heavy atom.